The summed E-state index contributed by atoms with van der Waals surface area (Å²) in [4.78, 5) is 2.28. The van der Waals surface area contributed by atoms with Crippen molar-refractivity contribution >= 4 is 22.6 Å². The summed E-state index contributed by atoms with van der Waals surface area (Å²) in [7, 11) is 1.70. The van der Waals surface area contributed by atoms with Gasteiger partial charge in [-0.2, -0.15) is 0 Å². The molecule has 1 aliphatic heterocycles. The van der Waals surface area contributed by atoms with E-state index in [1.807, 2.05) is 6.07 Å². The smallest absolute Gasteiger partial charge is 0.123 e. The van der Waals surface area contributed by atoms with Crippen LogP contribution in [0.5, 0.6) is 0 Å². The van der Waals surface area contributed by atoms with Gasteiger partial charge in [0.2, 0.25) is 0 Å². The van der Waals surface area contributed by atoms with Gasteiger partial charge in [-0.05, 0) is 46.4 Å². The van der Waals surface area contributed by atoms with E-state index in [-0.39, 0.29) is 17.8 Å². The number of hydrogen-bond acceptors (Lipinski definition) is 3. The van der Waals surface area contributed by atoms with Crippen LogP contribution in [-0.4, -0.2) is 44.3 Å². The number of methoxy groups -OCH3 is 1. The summed E-state index contributed by atoms with van der Waals surface area (Å²) in [5, 5.41) is 0. The van der Waals surface area contributed by atoms with E-state index in [0.717, 1.165) is 28.8 Å². The second-order valence-electron chi connectivity index (χ2n) is 4.69. The molecule has 1 aliphatic rings. The molecule has 3 nitrogen and oxygen atoms in total. The second-order valence-corrected chi connectivity index (χ2v) is 5.85. The van der Waals surface area contributed by atoms with Gasteiger partial charge in [-0.1, -0.05) is 0 Å². The first-order valence-corrected chi connectivity index (χ1v) is 7.11. The van der Waals surface area contributed by atoms with E-state index in [1.54, 1.807) is 13.2 Å². The first-order chi connectivity index (χ1) is 8.61. The largest absolute Gasteiger partial charge is 0.383 e. The Morgan fingerprint density at radius 1 is 1.50 bits per heavy atom. The Hall–Kier alpha value is -0.240. The summed E-state index contributed by atoms with van der Waals surface area (Å²) in [6.07, 6.45) is 0. The monoisotopic (exact) mass is 364 g/mol. The van der Waals surface area contributed by atoms with Crippen LogP contribution in [0.1, 0.15) is 11.5 Å². The van der Waals surface area contributed by atoms with E-state index in [4.69, 9.17) is 10.5 Å². The Morgan fingerprint density at radius 2 is 2.28 bits per heavy atom. The molecule has 2 rings (SSSR count). The average Bonchev–Trinajstić information content (AvgIpc) is 2.71. The maximum atomic E-state index is 13.3. The molecule has 0 amide bonds. The number of likely N-dealkylation sites (tertiary alicyclic amines) is 1. The van der Waals surface area contributed by atoms with E-state index in [0.29, 0.717) is 6.61 Å². The molecule has 0 unspecified atom stereocenters. The van der Waals surface area contributed by atoms with Crippen molar-refractivity contribution in [2.24, 2.45) is 5.73 Å². The number of benzene rings is 1. The number of ether oxygens (including phenoxy) is 1. The lowest BCUT2D eigenvalue weighted by Gasteiger charge is -2.17. The van der Waals surface area contributed by atoms with Crippen molar-refractivity contribution in [1.82, 2.24) is 4.90 Å². The van der Waals surface area contributed by atoms with Crippen molar-refractivity contribution < 1.29 is 9.13 Å². The van der Waals surface area contributed by atoms with Gasteiger partial charge in [-0.25, -0.2) is 4.39 Å². The third-order valence-corrected chi connectivity index (χ3v) is 4.39. The molecule has 0 spiro atoms. The van der Waals surface area contributed by atoms with Gasteiger partial charge in [0.1, 0.15) is 5.82 Å². The Labute approximate surface area is 121 Å². The van der Waals surface area contributed by atoms with E-state index < -0.39 is 0 Å². The molecule has 1 fully saturated rings. The molecule has 1 heterocycles. The van der Waals surface area contributed by atoms with Crippen molar-refractivity contribution in [2.75, 3.05) is 33.4 Å². The molecule has 0 bridgehead atoms. The van der Waals surface area contributed by atoms with Crippen molar-refractivity contribution in [3.63, 3.8) is 0 Å². The number of nitrogens with zero attached hydrogens (tertiary/aromatic N) is 1. The van der Waals surface area contributed by atoms with E-state index in [1.165, 1.54) is 6.07 Å². The van der Waals surface area contributed by atoms with Crippen molar-refractivity contribution in [3.8, 4) is 0 Å². The number of hydrogen-bond donors (Lipinski definition) is 1. The molecule has 100 valence electrons. The molecule has 0 radical (unpaired) electrons. The maximum absolute atomic E-state index is 13.3. The van der Waals surface area contributed by atoms with Crippen LogP contribution in [-0.2, 0) is 4.74 Å². The summed E-state index contributed by atoms with van der Waals surface area (Å²) in [6.45, 7) is 3.32. The van der Waals surface area contributed by atoms with Crippen molar-refractivity contribution in [2.45, 2.75) is 12.0 Å². The van der Waals surface area contributed by atoms with Crippen LogP contribution >= 0.6 is 22.6 Å². The van der Waals surface area contributed by atoms with Crippen LogP contribution in [0.4, 0.5) is 4.39 Å². The van der Waals surface area contributed by atoms with Crippen molar-refractivity contribution in [1.29, 1.82) is 0 Å². The lowest BCUT2D eigenvalue weighted by molar-refractivity contribution is 0.160. The van der Waals surface area contributed by atoms with E-state index in [2.05, 4.69) is 27.5 Å². The molecule has 1 aromatic carbocycles. The second kappa shape index (κ2) is 6.27. The highest BCUT2D eigenvalue weighted by molar-refractivity contribution is 14.1. The molecule has 0 aliphatic carbocycles. The van der Waals surface area contributed by atoms with Crippen LogP contribution in [0.25, 0.3) is 0 Å². The minimum atomic E-state index is -0.187. The third kappa shape index (κ3) is 3.20. The van der Waals surface area contributed by atoms with Gasteiger partial charge in [0.25, 0.3) is 0 Å². The standard InChI is InChI=1S/C13H18FIN2O/c1-18-5-4-17-7-11(13(16)8-17)10-6-9(14)2-3-12(10)15/h2-3,6,11,13H,4-5,7-8,16H2,1H3/t11-,13+/m0/s1. The Balaban J connectivity index is 2.11. The SMILES string of the molecule is COCCN1C[C@@H](N)[C@H](c2cc(F)ccc2I)C1. The van der Waals surface area contributed by atoms with Crippen LogP contribution in [0.2, 0.25) is 0 Å². The Bertz CT molecular complexity index is 416. The van der Waals surface area contributed by atoms with Crippen LogP contribution in [0.15, 0.2) is 18.2 Å². The molecule has 1 aromatic rings. The fourth-order valence-electron chi connectivity index (χ4n) is 2.44. The quantitative estimate of drug-likeness (QED) is 0.829. The summed E-state index contributed by atoms with van der Waals surface area (Å²) in [6, 6.07) is 4.99. The minimum absolute atomic E-state index is 0.0668. The third-order valence-electron chi connectivity index (χ3n) is 3.41. The maximum Gasteiger partial charge on any atom is 0.123 e. The summed E-state index contributed by atoms with van der Waals surface area (Å²) >= 11 is 2.25. The summed E-state index contributed by atoms with van der Waals surface area (Å²) in [5.74, 6) is 0.0254. The minimum Gasteiger partial charge on any atom is -0.383 e. The summed E-state index contributed by atoms with van der Waals surface area (Å²) in [5.41, 5.74) is 7.21. The average molecular weight is 364 g/mol. The highest BCUT2D eigenvalue weighted by Crippen LogP contribution is 2.30. The molecule has 1 saturated heterocycles. The number of nitrogens with two attached hydrogens (primary N) is 1. The van der Waals surface area contributed by atoms with Gasteiger partial charge in [0.15, 0.2) is 0 Å². The Morgan fingerprint density at radius 3 is 3.00 bits per heavy atom. The van der Waals surface area contributed by atoms with Gasteiger partial charge >= 0.3 is 0 Å². The van der Waals surface area contributed by atoms with Gasteiger partial charge in [-0.15, -0.1) is 0 Å². The number of rotatable bonds is 4. The first kappa shape index (κ1) is 14.2. The van der Waals surface area contributed by atoms with Gasteiger partial charge in [-0.3, -0.25) is 4.90 Å². The topological polar surface area (TPSA) is 38.5 Å². The first-order valence-electron chi connectivity index (χ1n) is 6.03. The lowest BCUT2D eigenvalue weighted by atomic mass is 9.95. The predicted octanol–water partition coefficient (Wildman–Crippen LogP) is 1.80. The van der Waals surface area contributed by atoms with E-state index in [9.17, 15) is 4.39 Å². The Kier molecular flexibility index (Phi) is 4.94. The highest BCUT2D eigenvalue weighted by Gasteiger charge is 2.32. The zero-order valence-corrected chi connectivity index (χ0v) is 12.6. The molecular formula is C13H18FIN2O. The molecule has 2 N–H and O–H groups in total. The molecule has 5 heteroatoms. The predicted molar refractivity (Wildman–Crippen MR) is 78.1 cm³/mol. The van der Waals surface area contributed by atoms with E-state index >= 15 is 0 Å². The molecule has 0 aromatic heterocycles. The zero-order valence-electron chi connectivity index (χ0n) is 10.4. The van der Waals surface area contributed by atoms with Crippen LogP contribution < -0.4 is 5.73 Å². The van der Waals surface area contributed by atoms with Crippen LogP contribution in [0, 0.1) is 9.39 Å². The zero-order chi connectivity index (χ0) is 13.1. The molecule has 0 saturated carbocycles. The molecular weight excluding hydrogens is 346 g/mol. The molecule has 2 atom stereocenters. The fourth-order valence-corrected chi connectivity index (χ4v) is 3.18. The van der Waals surface area contributed by atoms with Gasteiger partial charge in [0.05, 0.1) is 6.61 Å². The van der Waals surface area contributed by atoms with Gasteiger partial charge < -0.3 is 10.5 Å². The van der Waals surface area contributed by atoms with Crippen LogP contribution in [0.3, 0.4) is 0 Å². The highest BCUT2D eigenvalue weighted by atomic mass is 127. The summed E-state index contributed by atoms with van der Waals surface area (Å²) < 4.78 is 19.5. The lowest BCUT2D eigenvalue weighted by Crippen LogP contribution is -2.30. The van der Waals surface area contributed by atoms with Gasteiger partial charge in [0, 0.05) is 42.3 Å². The fraction of sp³-hybridized carbons (Fsp3) is 0.538. The molecule has 18 heavy (non-hydrogen) atoms. The normalized spacial score (nSPS) is 24.7. The number of halogens is 2. The van der Waals surface area contributed by atoms with Crippen molar-refractivity contribution in [3.05, 3.63) is 33.1 Å².